The molecule has 98 valence electrons. The van der Waals surface area contributed by atoms with Crippen LogP contribution in [0.15, 0.2) is 0 Å². The SMILES string of the molecule is C1CCCC(N2CCN(C3CNC3)CC2)CC1. The molecule has 0 aromatic heterocycles. The van der Waals surface area contributed by atoms with Crippen LogP contribution in [0.3, 0.4) is 0 Å². The molecule has 2 saturated heterocycles. The van der Waals surface area contributed by atoms with Crippen molar-refractivity contribution in [1.82, 2.24) is 15.1 Å². The maximum atomic E-state index is 3.39. The minimum atomic E-state index is 0.853. The second-order valence-corrected chi connectivity index (χ2v) is 6.03. The van der Waals surface area contributed by atoms with Crippen molar-refractivity contribution in [2.75, 3.05) is 39.3 Å². The molecule has 0 atom stereocenters. The van der Waals surface area contributed by atoms with Crippen LogP contribution in [0, 0.1) is 0 Å². The summed E-state index contributed by atoms with van der Waals surface area (Å²) < 4.78 is 0. The van der Waals surface area contributed by atoms with Crippen LogP contribution in [0.1, 0.15) is 38.5 Å². The minimum absolute atomic E-state index is 0.853. The molecule has 17 heavy (non-hydrogen) atoms. The van der Waals surface area contributed by atoms with Crippen LogP contribution < -0.4 is 5.32 Å². The highest BCUT2D eigenvalue weighted by Gasteiger charge is 2.30. The molecule has 3 nitrogen and oxygen atoms in total. The average Bonchev–Trinajstić information content (AvgIpc) is 2.56. The van der Waals surface area contributed by atoms with Crippen molar-refractivity contribution in [1.29, 1.82) is 0 Å². The van der Waals surface area contributed by atoms with E-state index in [1.165, 1.54) is 77.8 Å². The monoisotopic (exact) mass is 237 g/mol. The van der Waals surface area contributed by atoms with Crippen molar-refractivity contribution in [2.45, 2.75) is 50.6 Å². The molecule has 3 heteroatoms. The lowest BCUT2D eigenvalue weighted by Crippen LogP contribution is -2.62. The fraction of sp³-hybridized carbons (Fsp3) is 1.00. The highest BCUT2D eigenvalue weighted by molar-refractivity contribution is 4.89. The highest BCUT2D eigenvalue weighted by atomic mass is 15.3. The predicted molar refractivity (Wildman–Crippen MR) is 71.3 cm³/mol. The molecular weight excluding hydrogens is 210 g/mol. The van der Waals surface area contributed by atoms with E-state index in [-0.39, 0.29) is 0 Å². The van der Waals surface area contributed by atoms with Gasteiger partial charge in [-0.1, -0.05) is 25.7 Å². The largest absolute Gasteiger partial charge is 0.314 e. The van der Waals surface area contributed by atoms with Gasteiger partial charge in [-0.15, -0.1) is 0 Å². The summed E-state index contributed by atoms with van der Waals surface area (Å²) in [6, 6.07) is 1.77. The van der Waals surface area contributed by atoms with Crippen LogP contribution in [0.5, 0.6) is 0 Å². The molecule has 2 heterocycles. The van der Waals surface area contributed by atoms with Gasteiger partial charge in [0.2, 0.25) is 0 Å². The van der Waals surface area contributed by atoms with Gasteiger partial charge < -0.3 is 5.32 Å². The van der Waals surface area contributed by atoms with Gasteiger partial charge in [-0.05, 0) is 12.8 Å². The van der Waals surface area contributed by atoms with Crippen molar-refractivity contribution >= 4 is 0 Å². The summed E-state index contributed by atoms with van der Waals surface area (Å²) in [5, 5.41) is 3.39. The first-order valence-electron chi connectivity index (χ1n) is 7.62. The molecule has 1 N–H and O–H groups in total. The van der Waals surface area contributed by atoms with Crippen LogP contribution >= 0.6 is 0 Å². The Balaban J connectivity index is 1.46. The lowest BCUT2D eigenvalue weighted by molar-refractivity contribution is 0.0478. The Hall–Kier alpha value is -0.120. The number of hydrogen-bond donors (Lipinski definition) is 1. The van der Waals surface area contributed by atoms with Crippen molar-refractivity contribution in [3.63, 3.8) is 0 Å². The van der Waals surface area contributed by atoms with E-state index in [0.29, 0.717) is 0 Å². The summed E-state index contributed by atoms with van der Waals surface area (Å²) in [7, 11) is 0. The molecule has 3 rings (SSSR count). The predicted octanol–water partition coefficient (Wildman–Crippen LogP) is 1.30. The molecule has 3 fully saturated rings. The number of nitrogens with zero attached hydrogens (tertiary/aromatic N) is 2. The molecular formula is C14H27N3. The van der Waals surface area contributed by atoms with Gasteiger partial charge in [-0.25, -0.2) is 0 Å². The standard InChI is InChI=1S/C14H27N3/c1-2-4-6-13(5-3-1)16-7-9-17(10-8-16)14-11-15-12-14/h13-15H,1-12H2. The Bertz CT molecular complexity index is 224. The minimum Gasteiger partial charge on any atom is -0.314 e. The van der Waals surface area contributed by atoms with E-state index < -0.39 is 0 Å². The second-order valence-electron chi connectivity index (χ2n) is 6.03. The summed E-state index contributed by atoms with van der Waals surface area (Å²) in [4.78, 5) is 5.48. The van der Waals surface area contributed by atoms with E-state index >= 15 is 0 Å². The highest BCUT2D eigenvalue weighted by Crippen LogP contribution is 2.23. The molecule has 0 bridgehead atoms. The van der Waals surface area contributed by atoms with Crippen molar-refractivity contribution < 1.29 is 0 Å². The lowest BCUT2D eigenvalue weighted by Gasteiger charge is -2.45. The number of piperazine rings is 1. The fourth-order valence-electron chi connectivity index (χ4n) is 3.62. The summed E-state index contributed by atoms with van der Waals surface area (Å²) in [6.07, 6.45) is 8.82. The molecule has 0 spiro atoms. The molecule has 0 radical (unpaired) electrons. The van der Waals surface area contributed by atoms with E-state index in [1.807, 2.05) is 0 Å². The zero-order valence-electron chi connectivity index (χ0n) is 11.0. The average molecular weight is 237 g/mol. The fourth-order valence-corrected chi connectivity index (χ4v) is 3.62. The molecule has 1 saturated carbocycles. The van der Waals surface area contributed by atoms with Gasteiger partial charge >= 0.3 is 0 Å². The van der Waals surface area contributed by atoms with E-state index in [0.717, 1.165) is 12.1 Å². The van der Waals surface area contributed by atoms with E-state index in [2.05, 4.69) is 15.1 Å². The lowest BCUT2D eigenvalue weighted by atomic mass is 10.0. The van der Waals surface area contributed by atoms with Crippen LogP contribution in [-0.2, 0) is 0 Å². The van der Waals surface area contributed by atoms with E-state index in [4.69, 9.17) is 0 Å². The van der Waals surface area contributed by atoms with Crippen molar-refractivity contribution in [2.24, 2.45) is 0 Å². The van der Waals surface area contributed by atoms with Crippen molar-refractivity contribution in [3.05, 3.63) is 0 Å². The zero-order valence-corrected chi connectivity index (χ0v) is 11.0. The summed E-state index contributed by atoms with van der Waals surface area (Å²) in [5.41, 5.74) is 0. The third-order valence-corrected chi connectivity index (χ3v) is 4.97. The maximum Gasteiger partial charge on any atom is 0.0346 e. The van der Waals surface area contributed by atoms with Crippen LogP contribution in [-0.4, -0.2) is 61.2 Å². The molecule has 0 aromatic carbocycles. The van der Waals surface area contributed by atoms with Crippen molar-refractivity contribution in [3.8, 4) is 0 Å². The Morgan fingerprint density at radius 1 is 0.647 bits per heavy atom. The normalized spacial score (nSPS) is 31.1. The summed E-state index contributed by atoms with van der Waals surface area (Å²) >= 11 is 0. The molecule has 2 aliphatic heterocycles. The van der Waals surface area contributed by atoms with Crippen LogP contribution in [0.2, 0.25) is 0 Å². The number of hydrogen-bond acceptors (Lipinski definition) is 3. The summed E-state index contributed by atoms with van der Waals surface area (Å²) in [5.74, 6) is 0. The Morgan fingerprint density at radius 2 is 1.18 bits per heavy atom. The quantitative estimate of drug-likeness (QED) is 0.730. The van der Waals surface area contributed by atoms with Gasteiger partial charge in [0.15, 0.2) is 0 Å². The van der Waals surface area contributed by atoms with Crippen LogP contribution in [0.4, 0.5) is 0 Å². The molecule has 0 aromatic rings. The Labute approximate surface area is 106 Å². The maximum absolute atomic E-state index is 3.39. The second kappa shape index (κ2) is 5.68. The molecule has 0 unspecified atom stereocenters. The topological polar surface area (TPSA) is 18.5 Å². The van der Waals surface area contributed by atoms with Gasteiger partial charge in [0.05, 0.1) is 0 Å². The first kappa shape index (κ1) is 11.9. The van der Waals surface area contributed by atoms with Gasteiger partial charge in [-0.3, -0.25) is 9.80 Å². The first-order valence-corrected chi connectivity index (χ1v) is 7.62. The third kappa shape index (κ3) is 2.83. The smallest absolute Gasteiger partial charge is 0.0346 e. The first-order chi connectivity index (χ1) is 8.43. The van der Waals surface area contributed by atoms with Gasteiger partial charge in [-0.2, -0.15) is 0 Å². The number of rotatable bonds is 2. The van der Waals surface area contributed by atoms with Crippen LogP contribution in [0.25, 0.3) is 0 Å². The Morgan fingerprint density at radius 3 is 1.65 bits per heavy atom. The van der Waals surface area contributed by atoms with Gasteiger partial charge in [0.25, 0.3) is 0 Å². The Kier molecular flexibility index (Phi) is 3.99. The molecule has 1 aliphatic carbocycles. The third-order valence-electron chi connectivity index (χ3n) is 4.97. The van der Waals surface area contributed by atoms with E-state index in [9.17, 15) is 0 Å². The van der Waals surface area contributed by atoms with Gasteiger partial charge in [0, 0.05) is 51.4 Å². The van der Waals surface area contributed by atoms with E-state index in [1.54, 1.807) is 0 Å². The molecule has 3 aliphatic rings. The van der Waals surface area contributed by atoms with Gasteiger partial charge in [0.1, 0.15) is 0 Å². The molecule has 0 amide bonds. The number of nitrogens with one attached hydrogen (secondary N) is 1. The zero-order chi connectivity index (χ0) is 11.5. The summed E-state index contributed by atoms with van der Waals surface area (Å²) in [6.45, 7) is 7.71.